The molecular weight excluding hydrogens is 340 g/mol. The van der Waals surface area contributed by atoms with Gasteiger partial charge in [-0.3, -0.25) is 9.59 Å². The number of likely N-dealkylation sites (N-methyl/N-ethyl adjacent to an activating group) is 1. The van der Waals surface area contributed by atoms with Crippen LogP contribution in [0.15, 0.2) is 12.2 Å². The second-order valence-corrected chi connectivity index (χ2v) is 6.05. The molecule has 1 atom stereocenters. The summed E-state index contributed by atoms with van der Waals surface area (Å²) in [6.45, 7) is 9.90. The lowest BCUT2D eigenvalue weighted by molar-refractivity contribution is -0.145. The van der Waals surface area contributed by atoms with Crippen molar-refractivity contribution in [1.29, 1.82) is 0 Å². The fourth-order valence-electron chi connectivity index (χ4n) is 2.57. The molecule has 1 heterocycles. The highest BCUT2D eigenvalue weighted by Gasteiger charge is 2.36. The molecule has 1 unspecified atom stereocenters. The fourth-order valence-corrected chi connectivity index (χ4v) is 2.57. The van der Waals surface area contributed by atoms with Gasteiger partial charge >= 0.3 is 11.9 Å². The number of aliphatic carboxylic acids is 1. The van der Waals surface area contributed by atoms with Gasteiger partial charge in [-0.2, -0.15) is 0 Å². The van der Waals surface area contributed by atoms with Gasteiger partial charge in [-0.15, -0.1) is 0 Å². The fraction of sp³-hybridized carbons (Fsp3) is 0.667. The second kappa shape index (κ2) is 12.1. The Balaban J connectivity index is 0.000000590. The maximum absolute atomic E-state index is 12.3. The van der Waals surface area contributed by atoms with Crippen molar-refractivity contribution in [2.75, 3.05) is 26.7 Å². The smallest absolute Gasteiger partial charge is 0.330 e. The quantitative estimate of drug-likeness (QED) is 0.558. The summed E-state index contributed by atoms with van der Waals surface area (Å²) < 4.78 is 4.11. The van der Waals surface area contributed by atoms with Crippen LogP contribution in [0.1, 0.15) is 40.5 Å². The number of hydrogen-bond donors (Lipinski definition) is 1. The van der Waals surface area contributed by atoms with Gasteiger partial charge in [0.1, 0.15) is 6.04 Å². The molecular formula is C18H30N2O6. The van der Waals surface area contributed by atoms with E-state index in [-0.39, 0.29) is 23.8 Å². The summed E-state index contributed by atoms with van der Waals surface area (Å²) in [5.41, 5.74) is 0. The molecule has 0 radical (unpaired) electrons. The normalized spacial score (nSPS) is 16.2. The Morgan fingerprint density at radius 2 is 1.77 bits per heavy atom. The van der Waals surface area contributed by atoms with Gasteiger partial charge in [0.2, 0.25) is 11.8 Å². The predicted molar refractivity (Wildman–Crippen MR) is 96.3 cm³/mol. The van der Waals surface area contributed by atoms with Gasteiger partial charge in [0.15, 0.2) is 0 Å². The largest absolute Gasteiger partial charge is 0.478 e. The van der Waals surface area contributed by atoms with E-state index in [2.05, 4.69) is 4.74 Å². The van der Waals surface area contributed by atoms with Crippen molar-refractivity contribution in [3.63, 3.8) is 0 Å². The van der Waals surface area contributed by atoms with E-state index < -0.39 is 11.9 Å². The first-order chi connectivity index (χ1) is 12.2. The summed E-state index contributed by atoms with van der Waals surface area (Å²) in [7, 11) is 1.18. The molecule has 26 heavy (non-hydrogen) atoms. The van der Waals surface area contributed by atoms with Gasteiger partial charge in [-0.25, -0.2) is 9.59 Å². The molecule has 1 saturated heterocycles. The third-order valence-corrected chi connectivity index (χ3v) is 3.95. The summed E-state index contributed by atoms with van der Waals surface area (Å²) in [4.78, 5) is 47.7. The molecule has 0 aromatic rings. The molecule has 8 heteroatoms. The molecule has 148 valence electrons. The van der Waals surface area contributed by atoms with Crippen molar-refractivity contribution in [2.24, 2.45) is 5.92 Å². The van der Waals surface area contributed by atoms with E-state index in [1.54, 1.807) is 4.90 Å². The number of ether oxygens (including phenoxy) is 1. The van der Waals surface area contributed by atoms with Crippen LogP contribution in [0.5, 0.6) is 0 Å². The number of likely N-dealkylation sites (tertiary alicyclic amines) is 1. The van der Waals surface area contributed by atoms with Gasteiger partial charge < -0.3 is 19.6 Å². The number of carboxylic acids is 1. The number of carbonyl (C=O) groups is 4. The van der Waals surface area contributed by atoms with Gasteiger partial charge in [0.25, 0.3) is 0 Å². The maximum Gasteiger partial charge on any atom is 0.330 e. The molecule has 0 saturated carbocycles. The third kappa shape index (κ3) is 7.67. The molecule has 0 spiro atoms. The summed E-state index contributed by atoms with van der Waals surface area (Å²) in [5, 5.41) is 7.96. The highest BCUT2D eigenvalue weighted by molar-refractivity contribution is 5.90. The molecule has 0 aliphatic carbocycles. The molecule has 1 N–H and O–H groups in total. The van der Waals surface area contributed by atoms with E-state index in [9.17, 15) is 19.2 Å². The average Bonchev–Trinajstić information content (AvgIpc) is 3.09. The number of esters is 1. The van der Waals surface area contributed by atoms with Gasteiger partial charge in [0.05, 0.1) is 7.11 Å². The minimum atomic E-state index is -1.17. The van der Waals surface area contributed by atoms with E-state index >= 15 is 0 Å². The number of amides is 2. The van der Waals surface area contributed by atoms with Crippen LogP contribution in [0, 0.1) is 5.92 Å². The summed E-state index contributed by atoms with van der Waals surface area (Å²) in [6, 6.07) is -0.218. The number of carboxylic acid groups (broad SMARTS) is 1. The summed E-state index contributed by atoms with van der Waals surface area (Å²) >= 11 is 0. The molecule has 1 aliphatic heterocycles. The minimum absolute atomic E-state index is 0.0277. The number of nitrogens with zero attached hydrogens (tertiary/aromatic N) is 2. The van der Waals surface area contributed by atoms with E-state index in [1.165, 1.54) is 7.11 Å². The van der Waals surface area contributed by atoms with E-state index in [1.807, 2.05) is 32.6 Å². The van der Waals surface area contributed by atoms with Crippen LogP contribution in [0.3, 0.4) is 0 Å². The van der Waals surface area contributed by atoms with Crippen LogP contribution in [0.25, 0.3) is 0 Å². The van der Waals surface area contributed by atoms with Crippen LogP contribution in [0.2, 0.25) is 0 Å². The second-order valence-electron chi connectivity index (χ2n) is 6.05. The van der Waals surface area contributed by atoms with Crippen molar-refractivity contribution in [3.05, 3.63) is 12.2 Å². The predicted octanol–water partition coefficient (Wildman–Crippen LogP) is 1.30. The first-order valence-corrected chi connectivity index (χ1v) is 8.77. The van der Waals surface area contributed by atoms with Crippen molar-refractivity contribution >= 4 is 23.8 Å². The molecule has 0 aromatic carbocycles. The molecule has 0 aromatic heterocycles. The Morgan fingerprint density at radius 3 is 2.19 bits per heavy atom. The number of hydrogen-bond acceptors (Lipinski definition) is 5. The minimum Gasteiger partial charge on any atom is -0.478 e. The SMILES string of the molecule is CCN(CC)C(=O)C1CCCN1C(=O)C(C)C.COC(=O)/C=C/C(=O)O. The lowest BCUT2D eigenvalue weighted by atomic mass is 10.1. The average molecular weight is 370 g/mol. The number of rotatable bonds is 6. The van der Waals surface area contributed by atoms with Crippen molar-refractivity contribution in [2.45, 2.75) is 46.6 Å². The van der Waals surface area contributed by atoms with Crippen molar-refractivity contribution in [1.82, 2.24) is 9.80 Å². The van der Waals surface area contributed by atoms with Crippen LogP contribution < -0.4 is 0 Å². The van der Waals surface area contributed by atoms with Gasteiger partial charge in [-0.1, -0.05) is 13.8 Å². The highest BCUT2D eigenvalue weighted by Crippen LogP contribution is 2.21. The lowest BCUT2D eigenvalue weighted by Crippen LogP contribution is -2.48. The molecule has 8 nitrogen and oxygen atoms in total. The Kier molecular flexibility index (Phi) is 10.9. The molecule has 1 aliphatic rings. The van der Waals surface area contributed by atoms with Crippen LogP contribution in [-0.4, -0.2) is 71.4 Å². The van der Waals surface area contributed by atoms with Crippen molar-refractivity contribution < 1.29 is 29.0 Å². The van der Waals surface area contributed by atoms with Gasteiger partial charge in [0, 0.05) is 37.7 Å². The standard InChI is InChI=1S/C13H24N2O2.C5H6O4/c1-5-14(6-2)13(17)11-8-7-9-15(11)12(16)10(3)4;1-9-5(8)3-2-4(6)7/h10-11H,5-9H2,1-4H3;2-3H,1H3,(H,6,7)/b;3-2+. The van der Waals surface area contributed by atoms with E-state index in [0.29, 0.717) is 6.08 Å². The lowest BCUT2D eigenvalue weighted by Gasteiger charge is -2.30. The summed E-state index contributed by atoms with van der Waals surface area (Å²) in [6.07, 6.45) is 3.30. The van der Waals surface area contributed by atoms with Crippen LogP contribution >= 0.6 is 0 Å². The molecule has 2 amide bonds. The zero-order valence-corrected chi connectivity index (χ0v) is 16.2. The Bertz CT molecular complexity index is 526. The van der Waals surface area contributed by atoms with E-state index in [4.69, 9.17) is 5.11 Å². The van der Waals surface area contributed by atoms with Crippen LogP contribution in [0.4, 0.5) is 0 Å². The Hall–Kier alpha value is -2.38. The van der Waals surface area contributed by atoms with Crippen LogP contribution in [-0.2, 0) is 23.9 Å². The molecule has 1 fully saturated rings. The molecule has 1 rings (SSSR count). The monoisotopic (exact) mass is 370 g/mol. The molecule has 0 bridgehead atoms. The number of carbonyl (C=O) groups excluding carboxylic acids is 3. The summed E-state index contributed by atoms with van der Waals surface area (Å²) in [5.74, 6) is -1.65. The topological polar surface area (TPSA) is 104 Å². The Morgan fingerprint density at radius 1 is 1.19 bits per heavy atom. The highest BCUT2D eigenvalue weighted by atomic mass is 16.5. The first-order valence-electron chi connectivity index (χ1n) is 8.77. The first kappa shape index (κ1) is 23.6. The zero-order valence-electron chi connectivity index (χ0n) is 16.2. The van der Waals surface area contributed by atoms with Crippen molar-refractivity contribution in [3.8, 4) is 0 Å². The van der Waals surface area contributed by atoms with E-state index in [0.717, 1.165) is 38.6 Å². The Labute approximate surface area is 154 Å². The number of methoxy groups -OCH3 is 1. The maximum atomic E-state index is 12.3. The third-order valence-electron chi connectivity index (χ3n) is 3.95. The zero-order chi connectivity index (χ0) is 20.3. The van der Waals surface area contributed by atoms with Gasteiger partial charge in [-0.05, 0) is 26.7 Å².